The summed E-state index contributed by atoms with van der Waals surface area (Å²) in [6.45, 7) is 1.80. The average Bonchev–Trinajstić information content (AvgIpc) is 2.93. The summed E-state index contributed by atoms with van der Waals surface area (Å²) in [7, 11) is 0. The molecule has 0 atom stereocenters. The molecule has 2 aromatic heterocycles. The van der Waals surface area contributed by atoms with Crippen LogP contribution in [0.3, 0.4) is 0 Å². The van der Waals surface area contributed by atoms with Crippen LogP contribution in [0, 0.1) is 6.92 Å². The summed E-state index contributed by atoms with van der Waals surface area (Å²) in [4.78, 5) is 16.2. The van der Waals surface area contributed by atoms with Crippen LogP contribution >= 0.6 is 11.6 Å². The van der Waals surface area contributed by atoms with Gasteiger partial charge >= 0.3 is 6.18 Å². The van der Waals surface area contributed by atoms with E-state index in [0.29, 0.717) is 0 Å². The van der Waals surface area contributed by atoms with Gasteiger partial charge < -0.3 is 14.8 Å². The number of nitrogens with zero attached hydrogens (tertiary/aromatic N) is 2. The molecule has 0 spiro atoms. The number of alkyl halides is 3. The van der Waals surface area contributed by atoms with Crippen molar-refractivity contribution in [2.45, 2.75) is 19.5 Å². The Morgan fingerprint density at radius 3 is 2.73 bits per heavy atom. The lowest BCUT2D eigenvalue weighted by Gasteiger charge is -2.07. The fourth-order valence-corrected chi connectivity index (χ4v) is 2.71. The standard InChI is InChI=1S/C17H13ClF3N3O2/c1-9-2-3-14(25)13(4-9)23-15(26)6-11-8-24-7-10(17(19,20)21)5-12(18)16(24)22-11/h2-5,7-8,25H,6H2,1H3,(H,23,26). The van der Waals surface area contributed by atoms with E-state index in [2.05, 4.69) is 10.3 Å². The second-order valence-electron chi connectivity index (χ2n) is 5.78. The molecule has 0 radical (unpaired) electrons. The molecular weight excluding hydrogens is 371 g/mol. The van der Waals surface area contributed by atoms with Crippen LogP contribution in [0.5, 0.6) is 5.75 Å². The monoisotopic (exact) mass is 383 g/mol. The van der Waals surface area contributed by atoms with Gasteiger partial charge in [-0.25, -0.2) is 4.98 Å². The van der Waals surface area contributed by atoms with Crippen molar-refractivity contribution in [2.75, 3.05) is 5.32 Å². The summed E-state index contributed by atoms with van der Waals surface area (Å²) in [5.41, 5.74) is 0.554. The number of imidazole rings is 1. The molecule has 3 rings (SSSR count). The first-order valence-electron chi connectivity index (χ1n) is 7.47. The lowest BCUT2D eigenvalue weighted by atomic mass is 10.2. The van der Waals surface area contributed by atoms with E-state index in [9.17, 15) is 23.1 Å². The largest absolute Gasteiger partial charge is 0.506 e. The summed E-state index contributed by atoms with van der Waals surface area (Å²) in [6, 6.07) is 5.53. The maximum absolute atomic E-state index is 12.8. The average molecular weight is 384 g/mol. The quantitative estimate of drug-likeness (QED) is 0.666. The number of aryl methyl sites for hydroxylation is 1. The smallest absolute Gasteiger partial charge is 0.417 e. The van der Waals surface area contributed by atoms with Gasteiger partial charge in [0.25, 0.3) is 0 Å². The molecule has 0 bridgehead atoms. The van der Waals surface area contributed by atoms with Crippen LogP contribution in [0.2, 0.25) is 5.02 Å². The number of carbonyl (C=O) groups is 1. The first kappa shape index (κ1) is 18.1. The summed E-state index contributed by atoms with van der Waals surface area (Å²) >= 11 is 5.87. The lowest BCUT2D eigenvalue weighted by Crippen LogP contribution is -2.14. The van der Waals surface area contributed by atoms with E-state index in [1.807, 2.05) is 0 Å². The zero-order valence-electron chi connectivity index (χ0n) is 13.4. The Kier molecular flexibility index (Phi) is 4.53. The third-order valence-electron chi connectivity index (χ3n) is 3.65. The predicted octanol–water partition coefficient (Wildman–Crippen LogP) is 4.20. The number of aromatic hydroxyl groups is 1. The minimum absolute atomic E-state index is 0.0863. The second-order valence-corrected chi connectivity index (χ2v) is 6.19. The second kappa shape index (κ2) is 6.53. The third kappa shape index (κ3) is 3.75. The van der Waals surface area contributed by atoms with Crippen LogP contribution in [0.4, 0.5) is 18.9 Å². The predicted molar refractivity (Wildman–Crippen MR) is 90.4 cm³/mol. The number of aromatic nitrogens is 2. The van der Waals surface area contributed by atoms with Gasteiger partial charge in [-0.3, -0.25) is 4.79 Å². The van der Waals surface area contributed by atoms with E-state index >= 15 is 0 Å². The molecule has 1 aromatic carbocycles. The van der Waals surface area contributed by atoms with Gasteiger partial charge in [0.15, 0.2) is 5.65 Å². The van der Waals surface area contributed by atoms with E-state index in [-0.39, 0.29) is 34.2 Å². The van der Waals surface area contributed by atoms with Crippen LogP contribution in [-0.4, -0.2) is 20.4 Å². The zero-order chi connectivity index (χ0) is 19.1. The topological polar surface area (TPSA) is 66.6 Å². The molecule has 5 nitrogen and oxygen atoms in total. The number of amides is 1. The number of nitrogens with one attached hydrogen (secondary N) is 1. The Labute approximate surface area is 151 Å². The highest BCUT2D eigenvalue weighted by atomic mass is 35.5. The minimum Gasteiger partial charge on any atom is -0.506 e. The number of phenolic OH excluding ortho intramolecular Hbond substituents is 1. The summed E-state index contributed by atoms with van der Waals surface area (Å²) < 4.78 is 39.7. The molecule has 0 fully saturated rings. The van der Waals surface area contributed by atoms with Gasteiger partial charge in [-0.05, 0) is 30.7 Å². The number of hydrogen-bond donors (Lipinski definition) is 2. The van der Waals surface area contributed by atoms with Crippen molar-refractivity contribution in [3.63, 3.8) is 0 Å². The molecule has 136 valence electrons. The van der Waals surface area contributed by atoms with E-state index in [1.54, 1.807) is 19.1 Å². The van der Waals surface area contributed by atoms with Crippen LogP contribution < -0.4 is 5.32 Å². The molecule has 1 amide bonds. The molecule has 2 heterocycles. The summed E-state index contributed by atoms with van der Waals surface area (Å²) in [6.07, 6.45) is -2.55. The Morgan fingerprint density at radius 1 is 1.31 bits per heavy atom. The van der Waals surface area contributed by atoms with Crippen LogP contribution in [0.25, 0.3) is 5.65 Å². The van der Waals surface area contributed by atoms with E-state index in [1.165, 1.54) is 12.3 Å². The van der Waals surface area contributed by atoms with Gasteiger partial charge in [0.2, 0.25) is 5.91 Å². The molecule has 3 aromatic rings. The number of halogens is 4. The first-order chi connectivity index (χ1) is 12.1. The molecule has 0 aliphatic heterocycles. The number of hydrogen-bond acceptors (Lipinski definition) is 3. The summed E-state index contributed by atoms with van der Waals surface area (Å²) in [5.74, 6) is -0.557. The van der Waals surface area contributed by atoms with Crippen molar-refractivity contribution >= 4 is 28.8 Å². The fourth-order valence-electron chi connectivity index (χ4n) is 2.46. The van der Waals surface area contributed by atoms with Crippen molar-refractivity contribution in [1.29, 1.82) is 0 Å². The maximum Gasteiger partial charge on any atom is 0.417 e. The highest BCUT2D eigenvalue weighted by molar-refractivity contribution is 6.33. The number of pyridine rings is 1. The summed E-state index contributed by atoms with van der Waals surface area (Å²) in [5, 5.41) is 12.1. The fraction of sp³-hybridized carbons (Fsp3) is 0.176. The molecule has 0 aliphatic rings. The van der Waals surface area contributed by atoms with Crippen molar-refractivity contribution in [3.8, 4) is 5.75 Å². The van der Waals surface area contributed by atoms with Crippen LogP contribution in [-0.2, 0) is 17.4 Å². The van der Waals surface area contributed by atoms with E-state index in [4.69, 9.17) is 11.6 Å². The number of phenols is 1. The lowest BCUT2D eigenvalue weighted by molar-refractivity contribution is -0.137. The number of anilines is 1. The molecule has 2 N–H and O–H groups in total. The Bertz CT molecular complexity index is 999. The van der Waals surface area contributed by atoms with Gasteiger partial charge in [-0.2, -0.15) is 13.2 Å². The Balaban J connectivity index is 1.83. The van der Waals surface area contributed by atoms with Crippen molar-refractivity contribution in [1.82, 2.24) is 9.38 Å². The van der Waals surface area contributed by atoms with Gasteiger partial charge in [0.05, 0.1) is 28.4 Å². The molecule has 0 aliphatic carbocycles. The number of fused-ring (bicyclic) bond motifs is 1. The molecule has 0 saturated carbocycles. The Hall–Kier alpha value is -2.74. The maximum atomic E-state index is 12.8. The van der Waals surface area contributed by atoms with Crippen LogP contribution in [0.15, 0.2) is 36.7 Å². The number of rotatable bonds is 3. The van der Waals surface area contributed by atoms with Gasteiger partial charge in [-0.15, -0.1) is 0 Å². The normalized spacial score (nSPS) is 11.7. The van der Waals surface area contributed by atoms with Crippen molar-refractivity contribution in [2.24, 2.45) is 0 Å². The van der Waals surface area contributed by atoms with Crippen molar-refractivity contribution in [3.05, 3.63) is 58.5 Å². The molecular formula is C17H13ClF3N3O2. The van der Waals surface area contributed by atoms with E-state index in [0.717, 1.165) is 22.2 Å². The van der Waals surface area contributed by atoms with Crippen molar-refractivity contribution < 1.29 is 23.1 Å². The van der Waals surface area contributed by atoms with Gasteiger partial charge in [0, 0.05) is 12.4 Å². The number of carbonyl (C=O) groups excluding carboxylic acids is 1. The van der Waals surface area contributed by atoms with Gasteiger partial charge in [-0.1, -0.05) is 17.7 Å². The SMILES string of the molecule is Cc1ccc(O)c(NC(=O)Cc2cn3cc(C(F)(F)F)cc(Cl)c3n2)c1. The highest BCUT2D eigenvalue weighted by Crippen LogP contribution is 2.32. The van der Waals surface area contributed by atoms with Gasteiger partial charge in [0.1, 0.15) is 5.75 Å². The van der Waals surface area contributed by atoms with E-state index < -0.39 is 17.6 Å². The molecule has 0 unspecified atom stereocenters. The first-order valence-corrected chi connectivity index (χ1v) is 7.85. The Morgan fingerprint density at radius 2 is 2.04 bits per heavy atom. The third-order valence-corrected chi connectivity index (χ3v) is 3.93. The minimum atomic E-state index is -4.54. The number of benzene rings is 1. The molecule has 0 saturated heterocycles. The van der Waals surface area contributed by atoms with Crippen LogP contribution in [0.1, 0.15) is 16.8 Å². The zero-order valence-corrected chi connectivity index (χ0v) is 14.2. The molecule has 9 heteroatoms. The highest BCUT2D eigenvalue weighted by Gasteiger charge is 2.32. The molecule has 26 heavy (non-hydrogen) atoms.